The average Bonchev–Trinajstić information content (AvgIpc) is 2.90. The van der Waals surface area contributed by atoms with E-state index in [2.05, 4.69) is 31.1 Å². The minimum Gasteiger partial charge on any atom is -0.447 e. The molecule has 1 saturated carbocycles. The summed E-state index contributed by atoms with van der Waals surface area (Å²) >= 11 is 0. The zero-order valence-electron chi connectivity index (χ0n) is 11.9. The summed E-state index contributed by atoms with van der Waals surface area (Å²) in [7, 11) is 0. The second kappa shape index (κ2) is 5.87. The molecule has 1 N–H and O–H groups in total. The highest BCUT2D eigenvalue weighted by atomic mass is 16.3. The molecule has 0 saturated heterocycles. The summed E-state index contributed by atoms with van der Waals surface area (Å²) in [4.78, 5) is 3.93. The highest BCUT2D eigenvalue weighted by Gasteiger charge is 2.31. The molecule has 0 atom stereocenters. The molecule has 1 aromatic heterocycles. The van der Waals surface area contributed by atoms with Crippen molar-refractivity contribution in [3.8, 4) is 0 Å². The summed E-state index contributed by atoms with van der Waals surface area (Å²) in [5.41, 5.74) is 0.510. The number of hydrogen-bond donors (Lipinski definition) is 1. The molecule has 1 aliphatic rings. The molecule has 0 bridgehead atoms. The first-order valence-electron chi connectivity index (χ1n) is 7.22. The van der Waals surface area contributed by atoms with Gasteiger partial charge in [-0.1, -0.05) is 27.2 Å². The van der Waals surface area contributed by atoms with E-state index in [-0.39, 0.29) is 0 Å². The summed E-state index contributed by atoms with van der Waals surface area (Å²) in [6, 6.07) is 0.652. The van der Waals surface area contributed by atoms with Gasteiger partial charge in [-0.15, -0.1) is 0 Å². The van der Waals surface area contributed by atoms with Crippen LogP contribution in [-0.2, 0) is 6.54 Å². The van der Waals surface area contributed by atoms with Crippen LogP contribution in [0.3, 0.4) is 0 Å². The van der Waals surface area contributed by atoms with Gasteiger partial charge in [0.2, 0.25) is 0 Å². The molecule has 3 heteroatoms. The maximum absolute atomic E-state index is 5.24. The van der Waals surface area contributed by atoms with Crippen LogP contribution in [-0.4, -0.2) is 11.0 Å². The SMILES string of the molecule is CCC(C)(C)C1CCC(NCc2cnco2)CC1. The van der Waals surface area contributed by atoms with Crippen LogP contribution < -0.4 is 5.32 Å². The third kappa shape index (κ3) is 3.35. The van der Waals surface area contributed by atoms with E-state index in [1.807, 2.05) is 0 Å². The number of nitrogens with zero attached hydrogens (tertiary/aromatic N) is 1. The van der Waals surface area contributed by atoms with Gasteiger partial charge < -0.3 is 9.73 Å². The molecule has 0 spiro atoms. The van der Waals surface area contributed by atoms with E-state index in [4.69, 9.17) is 4.42 Å². The molecule has 0 radical (unpaired) electrons. The Labute approximate surface area is 110 Å². The largest absolute Gasteiger partial charge is 0.447 e. The third-order valence-electron chi connectivity index (χ3n) is 4.79. The lowest BCUT2D eigenvalue weighted by Crippen LogP contribution is -2.36. The van der Waals surface area contributed by atoms with E-state index in [0.29, 0.717) is 11.5 Å². The molecule has 2 rings (SSSR count). The first-order chi connectivity index (χ1) is 8.62. The molecular weight excluding hydrogens is 224 g/mol. The van der Waals surface area contributed by atoms with Gasteiger partial charge in [0, 0.05) is 6.04 Å². The second-order valence-corrected chi connectivity index (χ2v) is 6.24. The van der Waals surface area contributed by atoms with Crippen molar-refractivity contribution < 1.29 is 4.42 Å². The average molecular weight is 250 g/mol. The molecule has 0 amide bonds. The Kier molecular flexibility index (Phi) is 4.44. The Morgan fingerprint density at radius 2 is 2.06 bits per heavy atom. The van der Waals surface area contributed by atoms with Crippen LogP contribution in [0, 0.1) is 11.3 Å². The lowest BCUT2D eigenvalue weighted by atomic mass is 9.69. The summed E-state index contributed by atoms with van der Waals surface area (Å²) < 4.78 is 5.24. The first kappa shape index (κ1) is 13.6. The van der Waals surface area contributed by atoms with Gasteiger partial charge in [-0.05, 0) is 37.0 Å². The number of oxazole rings is 1. The zero-order chi connectivity index (χ0) is 13.0. The Balaban J connectivity index is 1.73. The molecule has 0 aromatic carbocycles. The summed E-state index contributed by atoms with van der Waals surface area (Å²) in [5.74, 6) is 1.83. The molecule has 3 nitrogen and oxygen atoms in total. The van der Waals surface area contributed by atoms with E-state index in [0.717, 1.165) is 18.2 Å². The molecule has 1 fully saturated rings. The summed E-state index contributed by atoms with van der Waals surface area (Å²) in [6.07, 6.45) is 9.87. The number of nitrogens with one attached hydrogen (secondary N) is 1. The van der Waals surface area contributed by atoms with Crippen LogP contribution in [0.5, 0.6) is 0 Å². The fourth-order valence-corrected chi connectivity index (χ4v) is 2.94. The Bertz CT molecular complexity index is 337. The van der Waals surface area contributed by atoms with Gasteiger partial charge in [-0.25, -0.2) is 4.98 Å². The van der Waals surface area contributed by atoms with Crippen molar-refractivity contribution in [3.05, 3.63) is 18.4 Å². The molecular formula is C15H26N2O. The van der Waals surface area contributed by atoms with Crippen LogP contribution >= 0.6 is 0 Å². The van der Waals surface area contributed by atoms with Crippen LogP contribution in [0.4, 0.5) is 0 Å². The topological polar surface area (TPSA) is 38.1 Å². The number of rotatable bonds is 5. The van der Waals surface area contributed by atoms with Crippen LogP contribution in [0.25, 0.3) is 0 Å². The van der Waals surface area contributed by atoms with Crippen molar-refractivity contribution in [3.63, 3.8) is 0 Å². The van der Waals surface area contributed by atoms with Gasteiger partial charge in [0.1, 0.15) is 5.76 Å². The normalized spacial score (nSPS) is 25.3. The Morgan fingerprint density at radius 3 is 2.61 bits per heavy atom. The molecule has 102 valence electrons. The monoisotopic (exact) mass is 250 g/mol. The van der Waals surface area contributed by atoms with Gasteiger partial charge in [0.25, 0.3) is 0 Å². The third-order valence-corrected chi connectivity index (χ3v) is 4.79. The zero-order valence-corrected chi connectivity index (χ0v) is 11.9. The highest BCUT2D eigenvalue weighted by Crippen LogP contribution is 2.40. The van der Waals surface area contributed by atoms with Crippen molar-refractivity contribution in [2.75, 3.05) is 0 Å². The lowest BCUT2D eigenvalue weighted by molar-refractivity contribution is 0.136. The molecule has 0 unspecified atom stereocenters. The van der Waals surface area contributed by atoms with E-state index < -0.39 is 0 Å². The fourth-order valence-electron chi connectivity index (χ4n) is 2.94. The predicted octanol–water partition coefficient (Wildman–Crippen LogP) is 3.76. The minimum atomic E-state index is 0.510. The Hall–Kier alpha value is -0.830. The molecule has 1 aliphatic carbocycles. The molecule has 18 heavy (non-hydrogen) atoms. The van der Waals surface area contributed by atoms with Gasteiger partial charge in [-0.3, -0.25) is 0 Å². The van der Waals surface area contributed by atoms with Gasteiger partial charge >= 0.3 is 0 Å². The van der Waals surface area contributed by atoms with Crippen molar-refractivity contribution in [2.45, 2.75) is 65.5 Å². The van der Waals surface area contributed by atoms with Gasteiger partial charge in [0.15, 0.2) is 6.39 Å². The number of hydrogen-bond acceptors (Lipinski definition) is 3. The van der Waals surface area contributed by atoms with Crippen molar-refractivity contribution in [1.29, 1.82) is 0 Å². The van der Waals surface area contributed by atoms with E-state index in [9.17, 15) is 0 Å². The highest BCUT2D eigenvalue weighted by molar-refractivity contribution is 4.90. The van der Waals surface area contributed by atoms with Crippen molar-refractivity contribution in [1.82, 2.24) is 10.3 Å². The predicted molar refractivity (Wildman–Crippen MR) is 73.2 cm³/mol. The van der Waals surface area contributed by atoms with E-state index in [1.54, 1.807) is 6.20 Å². The maximum atomic E-state index is 5.24. The smallest absolute Gasteiger partial charge is 0.180 e. The van der Waals surface area contributed by atoms with Crippen LogP contribution in [0.15, 0.2) is 17.0 Å². The van der Waals surface area contributed by atoms with Crippen molar-refractivity contribution >= 4 is 0 Å². The standard InChI is InChI=1S/C15H26N2O/c1-4-15(2,3)12-5-7-13(8-6-12)17-10-14-9-16-11-18-14/h9,11-13,17H,4-8,10H2,1-3H3. The van der Waals surface area contributed by atoms with Crippen molar-refractivity contribution in [2.24, 2.45) is 11.3 Å². The molecule has 0 aliphatic heterocycles. The van der Waals surface area contributed by atoms with E-state index in [1.165, 1.54) is 38.5 Å². The quantitative estimate of drug-likeness (QED) is 0.864. The summed E-state index contributed by atoms with van der Waals surface area (Å²) in [5, 5.41) is 3.58. The number of aromatic nitrogens is 1. The van der Waals surface area contributed by atoms with Gasteiger partial charge in [0.05, 0.1) is 12.7 Å². The molecule has 1 heterocycles. The first-order valence-corrected chi connectivity index (χ1v) is 7.22. The lowest BCUT2D eigenvalue weighted by Gasteiger charge is -2.39. The minimum absolute atomic E-state index is 0.510. The van der Waals surface area contributed by atoms with E-state index >= 15 is 0 Å². The van der Waals surface area contributed by atoms with Gasteiger partial charge in [-0.2, -0.15) is 0 Å². The fraction of sp³-hybridized carbons (Fsp3) is 0.800. The summed E-state index contributed by atoms with van der Waals surface area (Å²) in [6.45, 7) is 7.96. The van der Waals surface area contributed by atoms with Crippen LogP contribution in [0.2, 0.25) is 0 Å². The van der Waals surface area contributed by atoms with Crippen LogP contribution in [0.1, 0.15) is 58.6 Å². The second-order valence-electron chi connectivity index (χ2n) is 6.24. The Morgan fingerprint density at radius 1 is 1.33 bits per heavy atom. The maximum Gasteiger partial charge on any atom is 0.180 e. The molecule has 1 aromatic rings.